The van der Waals surface area contributed by atoms with Crippen molar-refractivity contribution < 1.29 is 0 Å². The predicted octanol–water partition coefficient (Wildman–Crippen LogP) is 4.08. The van der Waals surface area contributed by atoms with Crippen LogP contribution in [-0.4, -0.2) is 13.1 Å². The van der Waals surface area contributed by atoms with Gasteiger partial charge in [-0.15, -0.1) is 0 Å². The third kappa shape index (κ3) is 2.51. The highest BCUT2D eigenvalue weighted by Gasteiger charge is 2.38. The SMILES string of the molecule is Clc1ccc(CC2(c3ccccc3)CNC2)c(Cl)c1. The highest BCUT2D eigenvalue weighted by molar-refractivity contribution is 6.35. The van der Waals surface area contributed by atoms with Gasteiger partial charge in [0.15, 0.2) is 0 Å². The lowest BCUT2D eigenvalue weighted by Gasteiger charge is -2.43. The van der Waals surface area contributed by atoms with Crippen molar-refractivity contribution in [3.05, 3.63) is 69.7 Å². The van der Waals surface area contributed by atoms with Gasteiger partial charge in [0.05, 0.1) is 0 Å². The molecule has 3 rings (SSSR count). The summed E-state index contributed by atoms with van der Waals surface area (Å²) in [6, 6.07) is 16.4. The van der Waals surface area contributed by atoms with Gasteiger partial charge in [-0.3, -0.25) is 0 Å². The highest BCUT2D eigenvalue weighted by atomic mass is 35.5. The maximum absolute atomic E-state index is 6.30. The Morgan fingerprint density at radius 1 is 1.00 bits per heavy atom. The molecule has 0 aromatic heterocycles. The van der Waals surface area contributed by atoms with Crippen molar-refractivity contribution in [1.82, 2.24) is 5.32 Å². The molecule has 1 nitrogen and oxygen atoms in total. The topological polar surface area (TPSA) is 12.0 Å². The minimum Gasteiger partial charge on any atom is -0.315 e. The van der Waals surface area contributed by atoms with E-state index < -0.39 is 0 Å². The van der Waals surface area contributed by atoms with E-state index in [0.717, 1.165) is 30.1 Å². The molecule has 2 aromatic carbocycles. The summed E-state index contributed by atoms with van der Waals surface area (Å²) in [5.41, 5.74) is 2.70. The van der Waals surface area contributed by atoms with Crippen LogP contribution in [0.4, 0.5) is 0 Å². The van der Waals surface area contributed by atoms with Crippen molar-refractivity contribution in [2.75, 3.05) is 13.1 Å². The van der Waals surface area contributed by atoms with E-state index in [4.69, 9.17) is 23.2 Å². The average molecular weight is 292 g/mol. The van der Waals surface area contributed by atoms with Gasteiger partial charge in [0, 0.05) is 28.5 Å². The maximum atomic E-state index is 6.30. The third-order valence-corrected chi connectivity index (χ3v) is 4.44. The van der Waals surface area contributed by atoms with E-state index in [9.17, 15) is 0 Å². The first kappa shape index (κ1) is 13.0. The van der Waals surface area contributed by atoms with Crippen molar-refractivity contribution in [3.8, 4) is 0 Å². The Hall–Kier alpha value is -1.02. The lowest BCUT2D eigenvalue weighted by atomic mass is 9.71. The lowest BCUT2D eigenvalue weighted by molar-refractivity contribution is 0.275. The van der Waals surface area contributed by atoms with Gasteiger partial charge in [0.25, 0.3) is 0 Å². The van der Waals surface area contributed by atoms with Crippen LogP contribution in [0.25, 0.3) is 0 Å². The molecule has 0 saturated carbocycles. The molecule has 0 atom stereocenters. The maximum Gasteiger partial charge on any atom is 0.0453 e. The van der Waals surface area contributed by atoms with Gasteiger partial charge in [-0.2, -0.15) is 0 Å². The van der Waals surface area contributed by atoms with Crippen LogP contribution in [0.5, 0.6) is 0 Å². The zero-order chi connectivity index (χ0) is 13.3. The fourth-order valence-electron chi connectivity index (χ4n) is 2.68. The monoisotopic (exact) mass is 291 g/mol. The Labute approximate surface area is 123 Å². The fraction of sp³-hybridized carbons (Fsp3) is 0.250. The van der Waals surface area contributed by atoms with Crippen molar-refractivity contribution in [3.63, 3.8) is 0 Å². The Balaban J connectivity index is 1.92. The Morgan fingerprint density at radius 3 is 2.32 bits per heavy atom. The zero-order valence-electron chi connectivity index (χ0n) is 10.5. The molecule has 0 bridgehead atoms. The van der Waals surface area contributed by atoms with Gasteiger partial charge < -0.3 is 5.32 Å². The molecule has 1 aliphatic heterocycles. The minimum atomic E-state index is 0.165. The molecule has 0 aliphatic carbocycles. The summed E-state index contributed by atoms with van der Waals surface area (Å²) in [4.78, 5) is 0. The highest BCUT2D eigenvalue weighted by Crippen LogP contribution is 2.35. The second-order valence-corrected chi connectivity index (χ2v) is 6.01. The molecule has 1 N–H and O–H groups in total. The summed E-state index contributed by atoms with van der Waals surface area (Å²) in [6.07, 6.45) is 0.944. The van der Waals surface area contributed by atoms with E-state index in [1.165, 1.54) is 5.56 Å². The molecule has 98 valence electrons. The van der Waals surface area contributed by atoms with E-state index in [1.807, 2.05) is 18.2 Å². The second kappa shape index (κ2) is 5.16. The molecule has 3 heteroatoms. The van der Waals surface area contributed by atoms with Crippen LogP contribution in [0.2, 0.25) is 10.0 Å². The van der Waals surface area contributed by atoms with Crippen LogP contribution in [-0.2, 0) is 11.8 Å². The van der Waals surface area contributed by atoms with Crippen LogP contribution >= 0.6 is 23.2 Å². The first-order valence-corrected chi connectivity index (χ1v) is 7.15. The average Bonchev–Trinajstić information content (AvgIpc) is 2.37. The van der Waals surface area contributed by atoms with Gasteiger partial charge in [0.1, 0.15) is 0 Å². The summed E-state index contributed by atoms with van der Waals surface area (Å²) in [6.45, 7) is 1.99. The van der Waals surface area contributed by atoms with E-state index in [0.29, 0.717) is 5.02 Å². The molecule has 2 aromatic rings. The summed E-state index contributed by atoms with van der Waals surface area (Å²) in [7, 11) is 0. The van der Waals surface area contributed by atoms with E-state index in [-0.39, 0.29) is 5.41 Å². The predicted molar refractivity (Wildman–Crippen MR) is 81.2 cm³/mol. The van der Waals surface area contributed by atoms with E-state index in [1.54, 1.807) is 0 Å². The minimum absolute atomic E-state index is 0.165. The molecule has 19 heavy (non-hydrogen) atoms. The van der Waals surface area contributed by atoms with Crippen LogP contribution in [0.1, 0.15) is 11.1 Å². The number of benzene rings is 2. The number of hydrogen-bond donors (Lipinski definition) is 1. The molecule has 0 unspecified atom stereocenters. The van der Waals surface area contributed by atoms with Crippen molar-refractivity contribution in [2.45, 2.75) is 11.8 Å². The second-order valence-electron chi connectivity index (χ2n) is 5.16. The molecular weight excluding hydrogens is 277 g/mol. The van der Waals surface area contributed by atoms with Gasteiger partial charge in [-0.1, -0.05) is 59.6 Å². The van der Waals surface area contributed by atoms with E-state index in [2.05, 4.69) is 35.6 Å². The zero-order valence-corrected chi connectivity index (χ0v) is 12.0. The number of hydrogen-bond acceptors (Lipinski definition) is 1. The summed E-state index contributed by atoms with van der Waals surface area (Å²) in [5.74, 6) is 0. The van der Waals surface area contributed by atoms with Crippen molar-refractivity contribution in [1.29, 1.82) is 0 Å². The van der Waals surface area contributed by atoms with Crippen molar-refractivity contribution >= 4 is 23.2 Å². The van der Waals surface area contributed by atoms with Crippen molar-refractivity contribution in [2.24, 2.45) is 0 Å². The summed E-state index contributed by atoms with van der Waals surface area (Å²) < 4.78 is 0. The summed E-state index contributed by atoms with van der Waals surface area (Å²) >= 11 is 12.3. The van der Waals surface area contributed by atoms with Gasteiger partial charge in [-0.25, -0.2) is 0 Å². The van der Waals surface area contributed by atoms with Crippen LogP contribution < -0.4 is 5.32 Å². The number of nitrogens with one attached hydrogen (secondary N) is 1. The molecule has 1 aliphatic rings. The standard InChI is InChI=1S/C16H15Cl2N/c17-14-7-6-12(15(18)8-14)9-16(10-19-11-16)13-4-2-1-3-5-13/h1-8,19H,9-11H2. The number of halogens is 2. The first-order valence-electron chi connectivity index (χ1n) is 6.40. The molecular formula is C16H15Cl2N. The quantitative estimate of drug-likeness (QED) is 0.899. The first-order chi connectivity index (χ1) is 9.20. The fourth-order valence-corrected chi connectivity index (χ4v) is 3.15. The van der Waals surface area contributed by atoms with Gasteiger partial charge >= 0.3 is 0 Å². The molecule has 1 fully saturated rings. The van der Waals surface area contributed by atoms with Crippen LogP contribution in [0, 0.1) is 0 Å². The lowest BCUT2D eigenvalue weighted by Crippen LogP contribution is -2.58. The van der Waals surface area contributed by atoms with E-state index >= 15 is 0 Å². The Bertz CT molecular complexity index is 577. The molecule has 0 spiro atoms. The van der Waals surface area contributed by atoms with Gasteiger partial charge in [-0.05, 0) is 29.7 Å². The molecule has 0 radical (unpaired) electrons. The molecule has 1 heterocycles. The van der Waals surface area contributed by atoms with Gasteiger partial charge in [0.2, 0.25) is 0 Å². The third-order valence-electron chi connectivity index (χ3n) is 3.86. The smallest absolute Gasteiger partial charge is 0.0453 e. The molecule has 0 amide bonds. The number of rotatable bonds is 3. The molecule has 1 saturated heterocycles. The van der Waals surface area contributed by atoms with Crippen LogP contribution in [0.3, 0.4) is 0 Å². The Kier molecular flexibility index (Phi) is 3.53. The summed E-state index contributed by atoms with van der Waals surface area (Å²) in [5, 5.41) is 4.83. The Morgan fingerprint density at radius 2 is 1.74 bits per heavy atom. The largest absolute Gasteiger partial charge is 0.315 e. The van der Waals surface area contributed by atoms with Crippen LogP contribution in [0.15, 0.2) is 48.5 Å². The normalized spacial score (nSPS) is 16.9.